The van der Waals surface area contributed by atoms with Gasteiger partial charge >= 0.3 is 5.63 Å². The molecule has 0 aliphatic carbocycles. The van der Waals surface area contributed by atoms with E-state index in [-0.39, 0.29) is 28.5 Å². The van der Waals surface area contributed by atoms with Gasteiger partial charge in [-0.25, -0.2) is 4.79 Å². The van der Waals surface area contributed by atoms with Crippen LogP contribution in [0.25, 0.3) is 11.0 Å². The third-order valence-corrected chi connectivity index (χ3v) is 5.90. The SMILES string of the molecule is CCCCCCNC(=O)C[N+](C)(C)CCCCOc1ccc2ccc(=O)oc2c1CC=C(C)C.[Br-]. The number of carbonyl (C=O) groups is 1. The van der Waals surface area contributed by atoms with E-state index in [2.05, 4.69) is 46.3 Å². The fourth-order valence-electron chi connectivity index (χ4n) is 3.93. The second kappa shape index (κ2) is 15.8. The average molecular weight is 552 g/mol. The van der Waals surface area contributed by atoms with Gasteiger partial charge in [-0.2, -0.15) is 0 Å². The summed E-state index contributed by atoms with van der Waals surface area (Å²) < 4.78 is 12.3. The number of ether oxygens (including phenoxy) is 1. The summed E-state index contributed by atoms with van der Waals surface area (Å²) in [6.45, 7) is 9.04. The molecule has 2 aromatic rings. The Hall–Kier alpha value is -2.12. The number of nitrogens with one attached hydrogen (secondary N) is 1. The van der Waals surface area contributed by atoms with Gasteiger partial charge in [0.15, 0.2) is 6.54 Å². The highest BCUT2D eigenvalue weighted by Crippen LogP contribution is 2.28. The second-order valence-electron chi connectivity index (χ2n) is 9.98. The van der Waals surface area contributed by atoms with Gasteiger partial charge in [0.25, 0.3) is 5.91 Å². The molecule has 1 amide bonds. The summed E-state index contributed by atoms with van der Waals surface area (Å²) in [6.07, 6.45) is 9.27. The Morgan fingerprint density at radius 3 is 2.51 bits per heavy atom. The number of halogens is 1. The Balaban J connectivity index is 0.00000612. The smallest absolute Gasteiger partial charge is 0.336 e. The summed E-state index contributed by atoms with van der Waals surface area (Å²) in [7, 11) is 4.20. The van der Waals surface area contributed by atoms with Crippen molar-refractivity contribution < 1.29 is 35.4 Å². The molecule has 0 radical (unpaired) electrons. The number of hydrogen-bond acceptors (Lipinski definition) is 4. The third-order valence-electron chi connectivity index (χ3n) is 5.90. The normalized spacial score (nSPS) is 11.1. The molecule has 6 nitrogen and oxygen atoms in total. The highest BCUT2D eigenvalue weighted by atomic mass is 79.9. The molecule has 1 N–H and O–H groups in total. The largest absolute Gasteiger partial charge is 1.00 e. The topological polar surface area (TPSA) is 68.5 Å². The van der Waals surface area contributed by atoms with Crippen molar-refractivity contribution >= 4 is 16.9 Å². The van der Waals surface area contributed by atoms with Crippen LogP contribution in [0.5, 0.6) is 5.75 Å². The minimum absolute atomic E-state index is 0. The first-order chi connectivity index (χ1) is 16.2. The Labute approximate surface area is 221 Å². The van der Waals surface area contributed by atoms with E-state index in [1.807, 2.05) is 12.1 Å². The fourth-order valence-corrected chi connectivity index (χ4v) is 3.93. The number of rotatable bonds is 15. The van der Waals surface area contributed by atoms with E-state index >= 15 is 0 Å². The monoisotopic (exact) mass is 550 g/mol. The maximum atomic E-state index is 12.3. The van der Waals surface area contributed by atoms with Crippen molar-refractivity contribution in [3.05, 3.63) is 51.9 Å². The minimum Gasteiger partial charge on any atom is -1.00 e. The van der Waals surface area contributed by atoms with Gasteiger partial charge in [-0.05, 0) is 57.7 Å². The molecule has 0 spiro atoms. The molecule has 0 atom stereocenters. The molecule has 2 rings (SSSR count). The minimum atomic E-state index is -0.354. The lowest BCUT2D eigenvalue weighted by Crippen LogP contribution is -3.00. The summed E-state index contributed by atoms with van der Waals surface area (Å²) in [5.74, 6) is 0.884. The van der Waals surface area contributed by atoms with Crippen molar-refractivity contribution in [3.63, 3.8) is 0 Å². The van der Waals surface area contributed by atoms with Crippen molar-refractivity contribution in [1.29, 1.82) is 0 Å². The molecule has 0 bridgehead atoms. The van der Waals surface area contributed by atoms with Crippen LogP contribution in [-0.4, -0.2) is 50.7 Å². The van der Waals surface area contributed by atoms with Crippen LogP contribution in [0.15, 0.2) is 45.1 Å². The molecule has 0 saturated carbocycles. The zero-order chi connectivity index (χ0) is 25.0. The first-order valence-electron chi connectivity index (χ1n) is 12.6. The van der Waals surface area contributed by atoms with E-state index in [9.17, 15) is 9.59 Å². The van der Waals surface area contributed by atoms with Crippen LogP contribution in [0.2, 0.25) is 0 Å². The number of nitrogens with zero attached hydrogens (tertiary/aromatic N) is 1. The van der Waals surface area contributed by atoms with E-state index in [0.29, 0.717) is 29.6 Å². The Morgan fingerprint density at radius 2 is 1.80 bits per heavy atom. The summed E-state index contributed by atoms with van der Waals surface area (Å²) in [4.78, 5) is 24.1. The van der Waals surface area contributed by atoms with Gasteiger partial charge in [-0.1, -0.05) is 37.8 Å². The van der Waals surface area contributed by atoms with Gasteiger partial charge in [0, 0.05) is 23.6 Å². The highest BCUT2D eigenvalue weighted by molar-refractivity contribution is 5.82. The first kappa shape index (κ1) is 30.9. The number of unbranched alkanes of at least 4 members (excludes halogenated alkanes) is 4. The van der Waals surface area contributed by atoms with Crippen LogP contribution < -0.4 is 32.7 Å². The van der Waals surface area contributed by atoms with Gasteiger partial charge in [-0.15, -0.1) is 0 Å². The van der Waals surface area contributed by atoms with Gasteiger partial charge in [0.05, 0.1) is 27.2 Å². The van der Waals surface area contributed by atoms with E-state index in [0.717, 1.165) is 49.1 Å². The van der Waals surface area contributed by atoms with Gasteiger partial charge in [-0.3, -0.25) is 4.79 Å². The van der Waals surface area contributed by atoms with E-state index in [1.54, 1.807) is 6.07 Å². The summed E-state index contributed by atoms with van der Waals surface area (Å²) >= 11 is 0. The van der Waals surface area contributed by atoms with Crippen molar-refractivity contribution in [2.24, 2.45) is 0 Å². The predicted octanol–water partition coefficient (Wildman–Crippen LogP) is 2.24. The van der Waals surface area contributed by atoms with Gasteiger partial charge in [0.1, 0.15) is 11.3 Å². The summed E-state index contributed by atoms with van der Waals surface area (Å²) in [5, 5.41) is 3.95. The molecule has 1 aromatic heterocycles. The molecule has 0 aliphatic heterocycles. The third kappa shape index (κ3) is 11.4. The lowest BCUT2D eigenvalue weighted by atomic mass is 10.1. The van der Waals surface area contributed by atoms with Crippen LogP contribution in [0.3, 0.4) is 0 Å². The lowest BCUT2D eigenvalue weighted by Gasteiger charge is -2.29. The Kier molecular flexibility index (Phi) is 13.9. The number of hydrogen-bond donors (Lipinski definition) is 1. The molecule has 0 fully saturated rings. The second-order valence-corrected chi connectivity index (χ2v) is 9.98. The van der Waals surface area contributed by atoms with E-state index in [4.69, 9.17) is 9.15 Å². The maximum absolute atomic E-state index is 12.3. The predicted molar refractivity (Wildman–Crippen MR) is 139 cm³/mol. The lowest BCUT2D eigenvalue weighted by molar-refractivity contribution is -0.882. The van der Waals surface area contributed by atoms with E-state index < -0.39 is 0 Å². The standard InChI is InChI=1S/C28H42N2O4.BrH/c1-6-7-8-9-18-29-26(31)21-30(4,5)19-10-11-20-33-25-16-13-23-14-17-27(32)34-28(23)24(25)15-12-22(2)3;/h12-14,16-17H,6-11,15,18-21H2,1-5H3;1H. The number of quaternary nitrogens is 1. The van der Waals surface area contributed by atoms with Crippen molar-refractivity contribution in [1.82, 2.24) is 5.32 Å². The van der Waals surface area contributed by atoms with Gasteiger partial charge < -0.3 is 35.9 Å². The van der Waals surface area contributed by atoms with Crippen LogP contribution in [0.4, 0.5) is 0 Å². The first-order valence-corrected chi connectivity index (χ1v) is 12.6. The Morgan fingerprint density at radius 1 is 1.06 bits per heavy atom. The quantitative estimate of drug-likeness (QED) is 0.160. The number of allylic oxidation sites excluding steroid dienone is 2. The van der Waals surface area contributed by atoms with Crippen LogP contribution in [0, 0.1) is 0 Å². The number of likely N-dealkylation sites (N-methyl/N-ethyl adjacent to an activating group) is 1. The summed E-state index contributed by atoms with van der Waals surface area (Å²) in [5.41, 5.74) is 2.35. The molecular formula is C28H43BrN2O4. The number of carbonyl (C=O) groups excluding carboxylic acids is 1. The molecule has 0 saturated heterocycles. The van der Waals surface area contributed by atoms with Crippen LogP contribution in [-0.2, 0) is 11.2 Å². The van der Waals surface area contributed by atoms with Crippen molar-refractivity contribution in [2.45, 2.75) is 65.7 Å². The molecule has 35 heavy (non-hydrogen) atoms. The van der Waals surface area contributed by atoms with E-state index in [1.165, 1.54) is 30.9 Å². The maximum Gasteiger partial charge on any atom is 0.336 e. The van der Waals surface area contributed by atoms with Gasteiger partial charge in [0.2, 0.25) is 0 Å². The molecule has 196 valence electrons. The van der Waals surface area contributed by atoms with Crippen LogP contribution >= 0.6 is 0 Å². The summed E-state index contributed by atoms with van der Waals surface area (Å²) in [6, 6.07) is 7.13. The molecule has 7 heteroatoms. The zero-order valence-corrected chi connectivity index (χ0v) is 23.7. The average Bonchev–Trinajstić information content (AvgIpc) is 2.77. The molecule has 1 heterocycles. The van der Waals surface area contributed by atoms with Crippen molar-refractivity contribution in [3.8, 4) is 5.75 Å². The molecule has 0 unspecified atom stereocenters. The number of fused-ring (bicyclic) bond motifs is 1. The number of amides is 1. The molecular weight excluding hydrogens is 508 g/mol. The van der Waals surface area contributed by atoms with Crippen LogP contribution in [0.1, 0.15) is 64.9 Å². The highest BCUT2D eigenvalue weighted by Gasteiger charge is 2.19. The molecule has 0 aliphatic rings. The Bertz CT molecular complexity index is 1010. The fraction of sp³-hybridized carbons (Fsp3) is 0.571. The zero-order valence-electron chi connectivity index (χ0n) is 22.1. The molecule has 1 aromatic carbocycles. The number of benzene rings is 1. The van der Waals surface area contributed by atoms with Crippen molar-refractivity contribution in [2.75, 3.05) is 40.3 Å².